The maximum absolute atomic E-state index is 5.88. The number of aryl methyl sites for hydroxylation is 2. The summed E-state index contributed by atoms with van der Waals surface area (Å²) in [5, 5.41) is 7.86. The predicted molar refractivity (Wildman–Crippen MR) is 140 cm³/mol. The number of hydrogen-bond donors (Lipinski definition) is 2. The molecular weight excluding hydrogens is 521 g/mol. The third-order valence-corrected chi connectivity index (χ3v) is 6.31. The summed E-state index contributed by atoms with van der Waals surface area (Å²) in [7, 11) is 0. The van der Waals surface area contributed by atoms with Crippen molar-refractivity contribution in [2.45, 2.75) is 66.5 Å². The van der Waals surface area contributed by atoms with Gasteiger partial charge in [0.05, 0.1) is 31.0 Å². The number of nitrogens with one attached hydrogen (secondary N) is 2. The summed E-state index contributed by atoms with van der Waals surface area (Å²) < 4.78 is 5.88. The first kappa shape index (κ1) is 26.0. The fourth-order valence-corrected chi connectivity index (χ4v) is 4.67. The molecule has 2 unspecified atom stereocenters. The fourth-order valence-electron chi connectivity index (χ4n) is 3.80. The number of halogens is 1. The summed E-state index contributed by atoms with van der Waals surface area (Å²) in [6, 6.07) is 8.62. The van der Waals surface area contributed by atoms with E-state index in [0.29, 0.717) is 13.1 Å². The van der Waals surface area contributed by atoms with E-state index in [1.165, 1.54) is 16.0 Å². The van der Waals surface area contributed by atoms with Crippen LogP contribution in [-0.4, -0.2) is 47.7 Å². The Morgan fingerprint density at radius 1 is 1.16 bits per heavy atom. The number of morpholine rings is 1. The van der Waals surface area contributed by atoms with Gasteiger partial charge in [-0.25, -0.2) is 9.98 Å². The molecule has 0 radical (unpaired) electrons. The Bertz CT molecular complexity index is 827. The van der Waals surface area contributed by atoms with Crippen molar-refractivity contribution in [2.24, 2.45) is 4.99 Å². The molecule has 2 aromatic rings. The number of benzene rings is 1. The topological polar surface area (TPSA) is 61.8 Å². The molecule has 6 nitrogen and oxygen atoms in total. The van der Waals surface area contributed by atoms with Crippen LogP contribution in [0.25, 0.3) is 0 Å². The van der Waals surface area contributed by atoms with E-state index in [9.17, 15) is 0 Å². The number of rotatable bonds is 7. The highest BCUT2D eigenvalue weighted by Gasteiger charge is 2.22. The molecule has 1 fully saturated rings. The van der Waals surface area contributed by atoms with Gasteiger partial charge in [-0.05, 0) is 45.7 Å². The third kappa shape index (κ3) is 8.00. The maximum Gasteiger partial charge on any atom is 0.191 e. The summed E-state index contributed by atoms with van der Waals surface area (Å²) in [5.74, 6) is 0.825. The van der Waals surface area contributed by atoms with Crippen LogP contribution in [-0.2, 0) is 24.4 Å². The first-order valence-corrected chi connectivity index (χ1v) is 11.7. The zero-order valence-electron chi connectivity index (χ0n) is 19.3. The van der Waals surface area contributed by atoms with Gasteiger partial charge >= 0.3 is 0 Å². The lowest BCUT2D eigenvalue weighted by molar-refractivity contribution is -0.0705. The molecule has 1 aromatic carbocycles. The van der Waals surface area contributed by atoms with Crippen LogP contribution in [0.2, 0.25) is 0 Å². The molecule has 172 valence electrons. The molecule has 8 heteroatoms. The molecule has 3 rings (SSSR count). The van der Waals surface area contributed by atoms with Gasteiger partial charge in [0.1, 0.15) is 5.01 Å². The lowest BCUT2D eigenvalue weighted by Crippen LogP contribution is -2.44. The Labute approximate surface area is 207 Å². The van der Waals surface area contributed by atoms with E-state index in [0.717, 1.165) is 42.8 Å². The number of ether oxygens (including phenoxy) is 1. The van der Waals surface area contributed by atoms with Crippen molar-refractivity contribution in [2.75, 3.05) is 19.6 Å². The molecule has 2 atom stereocenters. The second kappa shape index (κ2) is 12.7. The minimum Gasteiger partial charge on any atom is -0.373 e. The van der Waals surface area contributed by atoms with E-state index in [4.69, 9.17) is 9.73 Å². The van der Waals surface area contributed by atoms with Gasteiger partial charge in [0.15, 0.2) is 5.96 Å². The van der Waals surface area contributed by atoms with Crippen LogP contribution in [0.15, 0.2) is 29.3 Å². The van der Waals surface area contributed by atoms with Gasteiger partial charge in [0.2, 0.25) is 0 Å². The van der Waals surface area contributed by atoms with Crippen molar-refractivity contribution >= 4 is 41.3 Å². The van der Waals surface area contributed by atoms with Gasteiger partial charge in [0, 0.05) is 31.1 Å². The fraction of sp³-hybridized carbons (Fsp3) is 0.565. The number of aromatic nitrogens is 1. The normalized spacial score (nSPS) is 19.7. The van der Waals surface area contributed by atoms with Crippen LogP contribution in [0.4, 0.5) is 0 Å². The molecule has 0 saturated carbocycles. The van der Waals surface area contributed by atoms with Gasteiger partial charge in [-0.15, -0.1) is 35.3 Å². The second-order valence-corrected chi connectivity index (χ2v) is 9.31. The molecule has 0 bridgehead atoms. The largest absolute Gasteiger partial charge is 0.373 e. The molecule has 1 aliphatic heterocycles. The molecule has 0 aliphatic carbocycles. The van der Waals surface area contributed by atoms with E-state index in [1.54, 1.807) is 11.3 Å². The smallest absolute Gasteiger partial charge is 0.191 e. The number of aliphatic imine (C=N–C) groups is 1. The Morgan fingerprint density at radius 3 is 2.45 bits per heavy atom. The van der Waals surface area contributed by atoms with E-state index in [1.807, 2.05) is 0 Å². The zero-order chi connectivity index (χ0) is 21.5. The van der Waals surface area contributed by atoms with E-state index in [-0.39, 0.29) is 36.2 Å². The van der Waals surface area contributed by atoms with Crippen LogP contribution >= 0.6 is 35.3 Å². The Hall–Kier alpha value is -1.23. The summed E-state index contributed by atoms with van der Waals surface area (Å²) in [6.45, 7) is 15.6. The average molecular weight is 558 g/mol. The van der Waals surface area contributed by atoms with Crippen molar-refractivity contribution in [3.8, 4) is 0 Å². The van der Waals surface area contributed by atoms with Crippen molar-refractivity contribution in [3.63, 3.8) is 0 Å². The van der Waals surface area contributed by atoms with Crippen molar-refractivity contribution in [3.05, 3.63) is 51.0 Å². The molecule has 0 amide bonds. The Morgan fingerprint density at radius 2 is 1.84 bits per heavy atom. The summed E-state index contributed by atoms with van der Waals surface area (Å²) in [5.41, 5.74) is 3.71. The van der Waals surface area contributed by atoms with Gasteiger partial charge in [-0.2, -0.15) is 0 Å². The summed E-state index contributed by atoms with van der Waals surface area (Å²) >= 11 is 1.74. The quantitative estimate of drug-likeness (QED) is 0.303. The Balaban J connectivity index is 0.00000341. The van der Waals surface area contributed by atoms with Crippen molar-refractivity contribution in [1.29, 1.82) is 0 Å². The average Bonchev–Trinajstić information content (AvgIpc) is 3.02. The van der Waals surface area contributed by atoms with Crippen LogP contribution < -0.4 is 10.6 Å². The second-order valence-electron chi connectivity index (χ2n) is 8.02. The highest BCUT2D eigenvalue weighted by molar-refractivity contribution is 14.0. The molecule has 2 N–H and O–H groups in total. The molecule has 1 aliphatic rings. The number of hydrogen-bond acceptors (Lipinski definition) is 5. The monoisotopic (exact) mass is 557 g/mol. The van der Waals surface area contributed by atoms with Crippen LogP contribution in [0.1, 0.15) is 47.5 Å². The molecular formula is C23H36IN5OS. The first-order chi connectivity index (χ1) is 14.4. The lowest BCUT2D eigenvalue weighted by Gasteiger charge is -2.35. The SMILES string of the molecule is CCNC(=NCc1ccccc1CN1CC(C)OC(C)C1)NCc1nc(C)c(C)s1.I. The van der Waals surface area contributed by atoms with Gasteiger partial charge < -0.3 is 15.4 Å². The van der Waals surface area contributed by atoms with E-state index >= 15 is 0 Å². The summed E-state index contributed by atoms with van der Waals surface area (Å²) in [6.07, 6.45) is 0.559. The highest BCUT2D eigenvalue weighted by Crippen LogP contribution is 2.18. The molecule has 0 spiro atoms. The highest BCUT2D eigenvalue weighted by atomic mass is 127. The molecule has 31 heavy (non-hydrogen) atoms. The lowest BCUT2D eigenvalue weighted by atomic mass is 10.1. The number of thiazole rings is 1. The number of guanidine groups is 1. The minimum atomic E-state index is 0. The maximum atomic E-state index is 5.88. The van der Waals surface area contributed by atoms with Crippen LogP contribution in [0.3, 0.4) is 0 Å². The zero-order valence-corrected chi connectivity index (χ0v) is 22.4. The van der Waals surface area contributed by atoms with Crippen molar-refractivity contribution in [1.82, 2.24) is 20.5 Å². The number of nitrogens with zero attached hydrogens (tertiary/aromatic N) is 3. The van der Waals surface area contributed by atoms with E-state index < -0.39 is 0 Å². The van der Waals surface area contributed by atoms with Gasteiger partial charge in [0.25, 0.3) is 0 Å². The summed E-state index contributed by atoms with van der Waals surface area (Å²) in [4.78, 5) is 13.2. The standard InChI is InChI=1S/C23H35N5OS.HI/c1-6-24-23(26-12-22-27-18(4)19(5)30-22)25-11-20-9-7-8-10-21(20)15-28-13-16(2)29-17(3)14-28;/h7-10,16-17H,6,11-15H2,1-5H3,(H2,24,25,26);1H. The van der Waals surface area contributed by atoms with Crippen LogP contribution in [0.5, 0.6) is 0 Å². The molecule has 2 heterocycles. The predicted octanol–water partition coefficient (Wildman–Crippen LogP) is 4.24. The van der Waals surface area contributed by atoms with Crippen molar-refractivity contribution < 1.29 is 4.74 Å². The van der Waals surface area contributed by atoms with E-state index in [2.05, 4.69) is 79.4 Å². The third-order valence-electron chi connectivity index (χ3n) is 5.24. The van der Waals surface area contributed by atoms with Crippen LogP contribution in [0, 0.1) is 13.8 Å². The Kier molecular flexibility index (Phi) is 10.7. The molecule has 1 aromatic heterocycles. The first-order valence-electron chi connectivity index (χ1n) is 10.8. The minimum absolute atomic E-state index is 0. The molecule has 1 saturated heterocycles. The van der Waals surface area contributed by atoms with Gasteiger partial charge in [-0.3, -0.25) is 4.90 Å². The van der Waals surface area contributed by atoms with Gasteiger partial charge in [-0.1, -0.05) is 24.3 Å².